The van der Waals surface area contributed by atoms with Crippen molar-refractivity contribution in [3.05, 3.63) is 48.2 Å². The first-order valence-electron chi connectivity index (χ1n) is 12.0. The Morgan fingerprint density at radius 2 is 1.82 bits per heavy atom. The van der Waals surface area contributed by atoms with Crippen LogP contribution in [0.25, 0.3) is 0 Å². The van der Waals surface area contributed by atoms with Crippen LogP contribution in [0.4, 0.5) is 11.5 Å². The Morgan fingerprint density at radius 3 is 2.52 bits per heavy atom. The van der Waals surface area contributed by atoms with Crippen molar-refractivity contribution in [2.24, 2.45) is 11.8 Å². The summed E-state index contributed by atoms with van der Waals surface area (Å²) in [7, 11) is 0. The van der Waals surface area contributed by atoms with Crippen LogP contribution in [-0.2, 0) is 4.79 Å². The van der Waals surface area contributed by atoms with Gasteiger partial charge in [-0.05, 0) is 67.9 Å². The number of anilines is 2. The number of carboxylic acids is 1. The molecule has 1 saturated heterocycles. The van der Waals surface area contributed by atoms with Crippen molar-refractivity contribution in [1.29, 1.82) is 0 Å². The molecule has 0 radical (unpaired) electrons. The minimum atomic E-state index is -0.948. The van der Waals surface area contributed by atoms with Crippen molar-refractivity contribution in [3.8, 4) is 5.75 Å². The lowest BCUT2D eigenvalue weighted by Gasteiger charge is -2.32. The van der Waals surface area contributed by atoms with Gasteiger partial charge in [0.15, 0.2) is 0 Å². The van der Waals surface area contributed by atoms with E-state index in [0.717, 1.165) is 37.4 Å². The molecule has 1 saturated carbocycles. The van der Waals surface area contributed by atoms with E-state index in [0.29, 0.717) is 30.6 Å². The summed E-state index contributed by atoms with van der Waals surface area (Å²) in [5.41, 5.74) is 0.994. The Bertz CT molecular complexity index is 933. The molecule has 1 aliphatic heterocycles. The van der Waals surface area contributed by atoms with Gasteiger partial charge in [-0.25, -0.2) is 9.78 Å². The van der Waals surface area contributed by atoms with E-state index in [1.54, 1.807) is 30.5 Å². The summed E-state index contributed by atoms with van der Waals surface area (Å²) in [5, 5.41) is 12.1. The highest BCUT2D eigenvalue weighted by atomic mass is 16.5. The van der Waals surface area contributed by atoms with Gasteiger partial charge in [0.05, 0.1) is 24.1 Å². The van der Waals surface area contributed by atoms with E-state index in [1.165, 1.54) is 32.1 Å². The van der Waals surface area contributed by atoms with Gasteiger partial charge in [0, 0.05) is 19.5 Å². The van der Waals surface area contributed by atoms with Crippen molar-refractivity contribution in [2.75, 3.05) is 29.9 Å². The van der Waals surface area contributed by atoms with Crippen LogP contribution in [0.2, 0.25) is 0 Å². The van der Waals surface area contributed by atoms with Gasteiger partial charge in [-0.15, -0.1) is 0 Å². The number of carbonyl (C=O) groups excluding carboxylic acids is 1. The number of rotatable bonds is 8. The third kappa shape index (κ3) is 6.70. The number of benzene rings is 1. The molecule has 1 aromatic carbocycles. The molecule has 176 valence electrons. The highest BCUT2D eigenvalue weighted by molar-refractivity contribution is 5.90. The van der Waals surface area contributed by atoms with Crippen molar-refractivity contribution >= 4 is 23.4 Å². The number of piperidine rings is 1. The van der Waals surface area contributed by atoms with E-state index >= 15 is 0 Å². The first-order chi connectivity index (χ1) is 16.1. The topological polar surface area (TPSA) is 91.8 Å². The van der Waals surface area contributed by atoms with E-state index in [2.05, 4.69) is 15.2 Å². The highest BCUT2D eigenvalue weighted by Gasteiger charge is 2.21. The molecule has 2 aromatic rings. The zero-order chi connectivity index (χ0) is 23.0. The molecule has 33 heavy (non-hydrogen) atoms. The maximum Gasteiger partial charge on any atom is 0.335 e. The number of ether oxygens (including phenoxy) is 1. The zero-order valence-electron chi connectivity index (χ0n) is 19.0. The number of carbonyl (C=O) groups is 2. The van der Waals surface area contributed by atoms with Crippen molar-refractivity contribution in [3.63, 3.8) is 0 Å². The monoisotopic (exact) mass is 451 g/mol. The third-order valence-corrected chi connectivity index (χ3v) is 6.74. The quantitative estimate of drug-likeness (QED) is 0.588. The minimum Gasteiger partial charge on any atom is -0.493 e. The molecule has 0 spiro atoms. The summed E-state index contributed by atoms with van der Waals surface area (Å²) in [6.07, 6.45) is 10.5. The van der Waals surface area contributed by atoms with Crippen LogP contribution in [0.15, 0.2) is 42.6 Å². The number of pyridine rings is 1. The molecule has 1 amide bonds. The summed E-state index contributed by atoms with van der Waals surface area (Å²) in [6.45, 7) is 2.36. The number of nitrogens with zero attached hydrogens (tertiary/aromatic N) is 2. The summed E-state index contributed by atoms with van der Waals surface area (Å²) in [4.78, 5) is 30.3. The maximum atomic E-state index is 12.3. The Labute approximate surface area is 195 Å². The fourth-order valence-electron chi connectivity index (χ4n) is 4.77. The normalized spacial score (nSPS) is 17.5. The number of carboxylic acid groups (broad SMARTS) is 1. The lowest BCUT2D eigenvalue weighted by molar-refractivity contribution is -0.117. The second-order valence-electron chi connectivity index (χ2n) is 9.24. The fraction of sp³-hybridized carbons (Fsp3) is 0.500. The Balaban J connectivity index is 1.20. The van der Waals surface area contributed by atoms with E-state index < -0.39 is 5.97 Å². The molecule has 2 aliphatic rings. The van der Waals surface area contributed by atoms with Crippen LogP contribution in [0.1, 0.15) is 61.7 Å². The average Bonchev–Trinajstić information content (AvgIpc) is 2.84. The van der Waals surface area contributed by atoms with Gasteiger partial charge in [-0.2, -0.15) is 0 Å². The van der Waals surface area contributed by atoms with E-state index in [4.69, 9.17) is 9.84 Å². The van der Waals surface area contributed by atoms with Gasteiger partial charge in [0.1, 0.15) is 11.6 Å². The predicted octanol–water partition coefficient (Wildman–Crippen LogP) is 4.98. The molecule has 4 rings (SSSR count). The number of hydrogen-bond acceptors (Lipinski definition) is 5. The molecule has 0 bridgehead atoms. The Hall–Kier alpha value is -3.09. The van der Waals surface area contributed by atoms with Gasteiger partial charge in [-0.1, -0.05) is 25.3 Å². The number of amides is 1. The largest absolute Gasteiger partial charge is 0.493 e. The predicted molar refractivity (Wildman–Crippen MR) is 128 cm³/mol. The second-order valence-corrected chi connectivity index (χ2v) is 9.24. The molecule has 0 atom stereocenters. The number of aromatic carboxylic acids is 1. The van der Waals surface area contributed by atoms with Gasteiger partial charge >= 0.3 is 5.97 Å². The second kappa shape index (κ2) is 11.2. The molecule has 7 nitrogen and oxygen atoms in total. The molecule has 2 heterocycles. The molecule has 7 heteroatoms. The molecule has 2 fully saturated rings. The van der Waals surface area contributed by atoms with E-state index in [9.17, 15) is 9.59 Å². The van der Waals surface area contributed by atoms with Crippen LogP contribution >= 0.6 is 0 Å². The summed E-state index contributed by atoms with van der Waals surface area (Å²) >= 11 is 0. The van der Waals surface area contributed by atoms with E-state index in [1.807, 2.05) is 12.1 Å². The van der Waals surface area contributed by atoms with Gasteiger partial charge < -0.3 is 20.1 Å². The molecular formula is C26H33N3O4. The van der Waals surface area contributed by atoms with Crippen LogP contribution in [0.5, 0.6) is 5.75 Å². The maximum absolute atomic E-state index is 12.3. The Morgan fingerprint density at radius 1 is 1.03 bits per heavy atom. The smallest absolute Gasteiger partial charge is 0.335 e. The SMILES string of the molecule is O=C(CC1CCCCC1)Nc1ccc(N2CCC(COc3cccc(C(=O)O)c3)CC2)nc1. The minimum absolute atomic E-state index is 0.0890. The number of nitrogens with one attached hydrogen (secondary N) is 1. The van der Waals surface area contributed by atoms with Crippen LogP contribution in [-0.4, -0.2) is 41.7 Å². The molecule has 1 aliphatic carbocycles. The van der Waals surface area contributed by atoms with Gasteiger partial charge in [0.2, 0.25) is 5.91 Å². The van der Waals surface area contributed by atoms with Crippen molar-refractivity contribution < 1.29 is 19.4 Å². The highest BCUT2D eigenvalue weighted by Crippen LogP contribution is 2.27. The standard InChI is InChI=1S/C26H33N3O4/c30-25(15-19-5-2-1-3-6-19)28-22-9-10-24(27-17-22)29-13-11-20(12-14-29)18-33-23-8-4-7-21(16-23)26(31)32/h4,7-10,16-17,19-20H,1-3,5-6,11-15,18H2,(H,28,30)(H,31,32). The summed E-state index contributed by atoms with van der Waals surface area (Å²) in [5.74, 6) is 1.61. The van der Waals surface area contributed by atoms with E-state index in [-0.39, 0.29) is 11.5 Å². The molecule has 0 unspecified atom stereocenters. The van der Waals surface area contributed by atoms with Crippen molar-refractivity contribution in [1.82, 2.24) is 4.98 Å². The van der Waals surface area contributed by atoms with Gasteiger partial charge in [-0.3, -0.25) is 4.79 Å². The Kier molecular flexibility index (Phi) is 7.81. The third-order valence-electron chi connectivity index (χ3n) is 6.74. The summed E-state index contributed by atoms with van der Waals surface area (Å²) < 4.78 is 5.85. The first kappa shape index (κ1) is 23.1. The molecule has 2 N–H and O–H groups in total. The molecular weight excluding hydrogens is 418 g/mol. The number of hydrogen-bond donors (Lipinski definition) is 2. The lowest BCUT2D eigenvalue weighted by atomic mass is 9.87. The lowest BCUT2D eigenvalue weighted by Crippen LogP contribution is -2.36. The summed E-state index contributed by atoms with van der Waals surface area (Å²) in [6, 6.07) is 10.5. The van der Waals surface area contributed by atoms with Gasteiger partial charge in [0.25, 0.3) is 0 Å². The molecule has 1 aromatic heterocycles. The number of aromatic nitrogens is 1. The first-order valence-corrected chi connectivity index (χ1v) is 12.0. The van der Waals surface area contributed by atoms with Crippen molar-refractivity contribution in [2.45, 2.75) is 51.4 Å². The van der Waals surface area contributed by atoms with Crippen LogP contribution in [0.3, 0.4) is 0 Å². The fourth-order valence-corrected chi connectivity index (χ4v) is 4.77. The average molecular weight is 452 g/mol. The zero-order valence-corrected chi connectivity index (χ0v) is 19.0. The van der Waals surface area contributed by atoms with Crippen LogP contribution < -0.4 is 15.0 Å². The van der Waals surface area contributed by atoms with Crippen LogP contribution in [0, 0.1) is 11.8 Å².